The van der Waals surface area contributed by atoms with Gasteiger partial charge in [0.25, 0.3) is 0 Å². The van der Waals surface area contributed by atoms with Crippen molar-refractivity contribution in [2.45, 2.75) is 24.6 Å². The van der Waals surface area contributed by atoms with E-state index in [1.807, 2.05) is 0 Å². The van der Waals surface area contributed by atoms with E-state index in [1.165, 1.54) is 12.1 Å². The van der Waals surface area contributed by atoms with Crippen LogP contribution in [-0.4, -0.2) is 24.3 Å². The molecule has 0 bridgehead atoms. The lowest BCUT2D eigenvalue weighted by Crippen LogP contribution is -2.39. The molecule has 2 nitrogen and oxygen atoms in total. The van der Waals surface area contributed by atoms with E-state index >= 15 is 0 Å². The summed E-state index contributed by atoms with van der Waals surface area (Å²) < 4.78 is 37.1. The van der Waals surface area contributed by atoms with Gasteiger partial charge in [0.15, 0.2) is 0 Å². The van der Waals surface area contributed by atoms with Crippen molar-refractivity contribution >= 4 is 0 Å². The summed E-state index contributed by atoms with van der Waals surface area (Å²) in [5, 5.41) is 12.8. The molecule has 2 N–H and O–H groups in total. The fourth-order valence-electron chi connectivity index (χ4n) is 2.15. The second-order valence-corrected chi connectivity index (χ2v) is 4.29. The highest BCUT2D eigenvalue weighted by Crippen LogP contribution is 2.32. The Bertz CT molecular complexity index is 374. The number of aliphatic hydroxyl groups is 1. The average molecular weight is 245 g/mol. The number of β-amino-alcohol motifs (C(OH)–C–C–N with tert-alkyl or cyclic N) is 1. The van der Waals surface area contributed by atoms with Gasteiger partial charge in [-0.3, -0.25) is 0 Å². The number of hydrogen-bond donors (Lipinski definition) is 2. The molecule has 17 heavy (non-hydrogen) atoms. The zero-order chi connectivity index (χ0) is 12.5. The Morgan fingerprint density at radius 1 is 1.18 bits per heavy atom. The van der Waals surface area contributed by atoms with E-state index in [-0.39, 0.29) is 5.92 Å². The number of nitrogens with one attached hydrogen (secondary N) is 1. The molecule has 2 unspecified atom stereocenters. The molecule has 1 aliphatic rings. The standard InChI is InChI=1S/C12H14F3NO/c13-12(14,15)9-3-1-8(2-4-9)10-5-6-16-7-11(10)17/h1-4,10-11,16-17H,5-7H2. The van der Waals surface area contributed by atoms with E-state index in [4.69, 9.17) is 0 Å². The van der Waals surface area contributed by atoms with E-state index in [9.17, 15) is 18.3 Å². The minimum Gasteiger partial charge on any atom is -0.391 e. The number of rotatable bonds is 1. The van der Waals surface area contributed by atoms with Crippen LogP contribution in [-0.2, 0) is 6.18 Å². The molecule has 1 fully saturated rings. The van der Waals surface area contributed by atoms with E-state index in [2.05, 4.69) is 5.32 Å². The quantitative estimate of drug-likeness (QED) is 0.794. The molecule has 0 saturated carbocycles. The van der Waals surface area contributed by atoms with Crippen LogP contribution in [0.2, 0.25) is 0 Å². The number of piperidine rings is 1. The first kappa shape index (κ1) is 12.4. The third kappa shape index (κ3) is 2.79. The van der Waals surface area contributed by atoms with Crippen LogP contribution in [0, 0.1) is 0 Å². The minimum absolute atomic E-state index is 0.0708. The first-order valence-corrected chi connectivity index (χ1v) is 5.54. The molecule has 0 aliphatic carbocycles. The summed E-state index contributed by atoms with van der Waals surface area (Å²) in [6.45, 7) is 1.27. The fraction of sp³-hybridized carbons (Fsp3) is 0.500. The van der Waals surface area contributed by atoms with Crippen LogP contribution in [0.3, 0.4) is 0 Å². The first-order chi connectivity index (χ1) is 7.98. The molecule has 1 aliphatic heterocycles. The van der Waals surface area contributed by atoms with Crippen LogP contribution < -0.4 is 5.32 Å². The van der Waals surface area contributed by atoms with Gasteiger partial charge in [-0.2, -0.15) is 13.2 Å². The van der Waals surface area contributed by atoms with Gasteiger partial charge in [0.05, 0.1) is 11.7 Å². The van der Waals surface area contributed by atoms with Crippen molar-refractivity contribution < 1.29 is 18.3 Å². The van der Waals surface area contributed by atoms with Gasteiger partial charge in [-0.05, 0) is 30.7 Å². The van der Waals surface area contributed by atoms with E-state index in [0.717, 1.165) is 30.7 Å². The monoisotopic (exact) mass is 245 g/mol. The van der Waals surface area contributed by atoms with E-state index < -0.39 is 17.8 Å². The van der Waals surface area contributed by atoms with Crippen molar-refractivity contribution in [2.24, 2.45) is 0 Å². The SMILES string of the molecule is OC1CNCCC1c1ccc(C(F)(F)F)cc1. The maximum Gasteiger partial charge on any atom is 0.416 e. The second kappa shape index (κ2) is 4.66. The number of benzene rings is 1. The lowest BCUT2D eigenvalue weighted by atomic mass is 9.87. The molecular weight excluding hydrogens is 231 g/mol. The largest absolute Gasteiger partial charge is 0.416 e. The van der Waals surface area contributed by atoms with Gasteiger partial charge in [0, 0.05) is 12.5 Å². The number of hydrogen-bond acceptors (Lipinski definition) is 2. The smallest absolute Gasteiger partial charge is 0.391 e. The summed E-state index contributed by atoms with van der Waals surface area (Å²) in [4.78, 5) is 0. The van der Waals surface area contributed by atoms with Crippen molar-refractivity contribution in [3.63, 3.8) is 0 Å². The predicted octanol–water partition coefficient (Wildman–Crippen LogP) is 2.14. The zero-order valence-corrected chi connectivity index (χ0v) is 9.17. The van der Waals surface area contributed by atoms with Crippen molar-refractivity contribution in [1.29, 1.82) is 0 Å². The number of aliphatic hydroxyl groups excluding tert-OH is 1. The fourth-order valence-corrected chi connectivity index (χ4v) is 2.15. The molecule has 1 aromatic carbocycles. The Balaban J connectivity index is 2.17. The molecular formula is C12H14F3NO. The lowest BCUT2D eigenvalue weighted by molar-refractivity contribution is -0.137. The van der Waals surface area contributed by atoms with Crippen LogP contribution in [0.15, 0.2) is 24.3 Å². The van der Waals surface area contributed by atoms with Crippen LogP contribution in [0.25, 0.3) is 0 Å². The van der Waals surface area contributed by atoms with Crippen molar-refractivity contribution in [2.75, 3.05) is 13.1 Å². The van der Waals surface area contributed by atoms with Gasteiger partial charge < -0.3 is 10.4 Å². The highest BCUT2D eigenvalue weighted by atomic mass is 19.4. The Kier molecular flexibility index (Phi) is 3.40. The van der Waals surface area contributed by atoms with Gasteiger partial charge in [0.1, 0.15) is 0 Å². The molecule has 0 spiro atoms. The molecule has 0 radical (unpaired) electrons. The summed E-state index contributed by atoms with van der Waals surface area (Å²) in [5.41, 5.74) is 0.122. The third-order valence-corrected chi connectivity index (χ3v) is 3.12. The van der Waals surface area contributed by atoms with Gasteiger partial charge >= 0.3 is 6.18 Å². The Labute approximate surface area is 97.5 Å². The third-order valence-electron chi connectivity index (χ3n) is 3.12. The summed E-state index contributed by atoms with van der Waals surface area (Å²) in [7, 11) is 0. The Morgan fingerprint density at radius 3 is 2.35 bits per heavy atom. The van der Waals surface area contributed by atoms with Crippen LogP contribution in [0.5, 0.6) is 0 Å². The molecule has 5 heteroatoms. The maximum absolute atomic E-state index is 12.4. The summed E-state index contributed by atoms with van der Waals surface area (Å²) in [5.74, 6) is -0.0708. The average Bonchev–Trinajstić information content (AvgIpc) is 2.29. The molecule has 1 aromatic rings. The molecule has 1 heterocycles. The molecule has 0 amide bonds. The topological polar surface area (TPSA) is 32.3 Å². The summed E-state index contributed by atoms with van der Waals surface area (Å²) in [6.07, 6.45) is -4.09. The van der Waals surface area contributed by atoms with Gasteiger partial charge in [-0.15, -0.1) is 0 Å². The molecule has 1 saturated heterocycles. The number of halogens is 3. The highest BCUT2D eigenvalue weighted by Gasteiger charge is 2.31. The Hall–Kier alpha value is -1.07. The predicted molar refractivity (Wildman–Crippen MR) is 57.7 cm³/mol. The van der Waals surface area contributed by atoms with E-state index in [0.29, 0.717) is 6.54 Å². The van der Waals surface area contributed by atoms with E-state index in [1.54, 1.807) is 0 Å². The van der Waals surface area contributed by atoms with Gasteiger partial charge in [-0.25, -0.2) is 0 Å². The summed E-state index contributed by atoms with van der Waals surface area (Å²) >= 11 is 0. The van der Waals surface area contributed by atoms with Crippen molar-refractivity contribution in [3.05, 3.63) is 35.4 Å². The summed E-state index contributed by atoms with van der Waals surface area (Å²) in [6, 6.07) is 5.07. The van der Waals surface area contributed by atoms with Crippen LogP contribution >= 0.6 is 0 Å². The van der Waals surface area contributed by atoms with Crippen molar-refractivity contribution in [1.82, 2.24) is 5.32 Å². The number of alkyl halides is 3. The minimum atomic E-state index is -4.30. The second-order valence-electron chi connectivity index (χ2n) is 4.29. The van der Waals surface area contributed by atoms with Gasteiger partial charge in [-0.1, -0.05) is 12.1 Å². The lowest BCUT2D eigenvalue weighted by Gasteiger charge is -2.28. The zero-order valence-electron chi connectivity index (χ0n) is 9.17. The molecule has 94 valence electrons. The first-order valence-electron chi connectivity index (χ1n) is 5.54. The van der Waals surface area contributed by atoms with Gasteiger partial charge in [0.2, 0.25) is 0 Å². The van der Waals surface area contributed by atoms with Crippen LogP contribution in [0.1, 0.15) is 23.5 Å². The Morgan fingerprint density at radius 2 is 1.82 bits per heavy atom. The molecule has 0 aromatic heterocycles. The highest BCUT2D eigenvalue weighted by molar-refractivity contribution is 5.28. The normalized spacial score (nSPS) is 25.9. The molecule has 2 atom stereocenters. The van der Waals surface area contributed by atoms with Crippen molar-refractivity contribution in [3.8, 4) is 0 Å². The molecule has 2 rings (SSSR count). The maximum atomic E-state index is 12.4. The van der Waals surface area contributed by atoms with Crippen LogP contribution in [0.4, 0.5) is 13.2 Å².